The Labute approximate surface area is 125 Å². The van der Waals surface area contributed by atoms with Crippen molar-refractivity contribution < 1.29 is 14.3 Å². The molecular weight excluding hydrogens is 268 g/mol. The third-order valence-corrected chi connectivity index (χ3v) is 4.27. The lowest BCUT2D eigenvalue weighted by Crippen LogP contribution is -2.45. The molecule has 1 saturated carbocycles. The van der Waals surface area contributed by atoms with Crippen LogP contribution in [-0.4, -0.2) is 30.5 Å². The van der Waals surface area contributed by atoms with Crippen molar-refractivity contribution in [1.82, 2.24) is 10.3 Å². The highest BCUT2D eigenvalue weighted by Gasteiger charge is 2.40. The standard InChI is InChI=1S/C16H22N2O3/c1-12-13(7-6-10-17-12)14(19)18-11-16(15(20)21-2)8-4-3-5-9-16/h6-7,10H,3-5,8-9,11H2,1-2H3,(H,18,19). The van der Waals surface area contributed by atoms with Crippen LogP contribution in [0.3, 0.4) is 0 Å². The molecule has 0 unspecified atom stereocenters. The highest BCUT2D eigenvalue weighted by Crippen LogP contribution is 2.36. The number of carbonyl (C=O) groups is 2. The van der Waals surface area contributed by atoms with Crippen LogP contribution in [0.1, 0.15) is 48.2 Å². The SMILES string of the molecule is COC(=O)C1(CNC(=O)c2cccnc2C)CCCCC1. The molecule has 5 nitrogen and oxygen atoms in total. The Morgan fingerprint density at radius 1 is 1.33 bits per heavy atom. The summed E-state index contributed by atoms with van der Waals surface area (Å²) in [5.74, 6) is -0.403. The molecule has 1 aliphatic rings. The average Bonchev–Trinajstić information content (AvgIpc) is 2.53. The van der Waals surface area contributed by atoms with E-state index in [-0.39, 0.29) is 11.9 Å². The maximum absolute atomic E-state index is 12.3. The second kappa shape index (κ2) is 6.70. The Hall–Kier alpha value is -1.91. The predicted octanol–water partition coefficient (Wildman–Crippen LogP) is 2.24. The Bertz CT molecular complexity index is 522. The van der Waals surface area contributed by atoms with Crippen molar-refractivity contribution >= 4 is 11.9 Å². The molecule has 2 rings (SSSR count). The molecule has 1 heterocycles. The first kappa shape index (κ1) is 15.5. The van der Waals surface area contributed by atoms with Gasteiger partial charge < -0.3 is 10.1 Å². The summed E-state index contributed by atoms with van der Waals surface area (Å²) in [6.07, 6.45) is 6.32. The van der Waals surface area contributed by atoms with Gasteiger partial charge in [0.1, 0.15) is 0 Å². The molecule has 0 radical (unpaired) electrons. The van der Waals surface area contributed by atoms with Crippen LogP contribution in [0.5, 0.6) is 0 Å². The van der Waals surface area contributed by atoms with E-state index in [1.54, 1.807) is 25.3 Å². The van der Waals surface area contributed by atoms with E-state index in [0.29, 0.717) is 17.8 Å². The number of methoxy groups -OCH3 is 1. The Morgan fingerprint density at radius 2 is 2.05 bits per heavy atom. The number of pyridine rings is 1. The van der Waals surface area contributed by atoms with Crippen molar-refractivity contribution in [3.8, 4) is 0 Å². The first-order valence-corrected chi connectivity index (χ1v) is 7.37. The van der Waals surface area contributed by atoms with Crippen LogP contribution in [0.4, 0.5) is 0 Å². The summed E-state index contributed by atoms with van der Waals surface area (Å²) >= 11 is 0. The molecule has 5 heteroatoms. The summed E-state index contributed by atoms with van der Waals surface area (Å²) in [5, 5.41) is 2.89. The lowest BCUT2D eigenvalue weighted by molar-refractivity contribution is -0.154. The fraction of sp³-hybridized carbons (Fsp3) is 0.562. The minimum absolute atomic E-state index is 0.186. The van der Waals surface area contributed by atoms with E-state index in [4.69, 9.17) is 4.74 Å². The zero-order chi connectivity index (χ0) is 15.3. The quantitative estimate of drug-likeness (QED) is 0.864. The molecule has 114 valence electrons. The van der Waals surface area contributed by atoms with Gasteiger partial charge in [-0.05, 0) is 31.9 Å². The van der Waals surface area contributed by atoms with Crippen molar-refractivity contribution in [3.05, 3.63) is 29.6 Å². The van der Waals surface area contributed by atoms with E-state index < -0.39 is 5.41 Å². The van der Waals surface area contributed by atoms with Gasteiger partial charge >= 0.3 is 5.97 Å². The van der Waals surface area contributed by atoms with Gasteiger partial charge in [0.2, 0.25) is 0 Å². The monoisotopic (exact) mass is 290 g/mol. The van der Waals surface area contributed by atoms with Crippen molar-refractivity contribution in [2.75, 3.05) is 13.7 Å². The number of nitrogens with zero attached hydrogens (tertiary/aromatic N) is 1. The van der Waals surface area contributed by atoms with Crippen molar-refractivity contribution in [1.29, 1.82) is 0 Å². The van der Waals surface area contributed by atoms with Crippen LogP contribution in [0, 0.1) is 12.3 Å². The zero-order valence-electron chi connectivity index (χ0n) is 12.6. The van der Waals surface area contributed by atoms with Crippen LogP contribution >= 0.6 is 0 Å². The van der Waals surface area contributed by atoms with Crippen LogP contribution in [0.15, 0.2) is 18.3 Å². The fourth-order valence-corrected chi connectivity index (χ4v) is 2.97. The van der Waals surface area contributed by atoms with Gasteiger partial charge in [-0.1, -0.05) is 19.3 Å². The van der Waals surface area contributed by atoms with E-state index >= 15 is 0 Å². The molecular formula is C16H22N2O3. The second-order valence-corrected chi connectivity index (χ2v) is 5.65. The van der Waals surface area contributed by atoms with Crippen LogP contribution in [0.25, 0.3) is 0 Å². The fourth-order valence-electron chi connectivity index (χ4n) is 2.97. The number of nitrogens with one attached hydrogen (secondary N) is 1. The third-order valence-electron chi connectivity index (χ3n) is 4.27. The molecule has 0 bridgehead atoms. The molecule has 0 saturated heterocycles. The largest absolute Gasteiger partial charge is 0.469 e. The molecule has 21 heavy (non-hydrogen) atoms. The van der Waals surface area contributed by atoms with Gasteiger partial charge in [0.05, 0.1) is 18.1 Å². The summed E-state index contributed by atoms with van der Waals surface area (Å²) < 4.78 is 4.95. The molecule has 0 atom stereocenters. The smallest absolute Gasteiger partial charge is 0.313 e. The molecule has 0 spiro atoms. The maximum atomic E-state index is 12.3. The molecule has 1 aliphatic carbocycles. The van der Waals surface area contributed by atoms with Crippen LogP contribution in [0.2, 0.25) is 0 Å². The van der Waals surface area contributed by atoms with Gasteiger partial charge in [0, 0.05) is 18.4 Å². The molecule has 1 aromatic heterocycles. The van der Waals surface area contributed by atoms with E-state index in [9.17, 15) is 9.59 Å². The number of carbonyl (C=O) groups excluding carboxylic acids is 2. The summed E-state index contributed by atoms with van der Waals surface area (Å²) in [6, 6.07) is 3.47. The number of hydrogen-bond acceptors (Lipinski definition) is 4. The Kier molecular flexibility index (Phi) is 4.94. The highest BCUT2D eigenvalue weighted by atomic mass is 16.5. The van der Waals surface area contributed by atoms with Crippen LogP contribution < -0.4 is 5.32 Å². The van der Waals surface area contributed by atoms with Crippen molar-refractivity contribution in [2.24, 2.45) is 5.41 Å². The number of hydrogen-bond donors (Lipinski definition) is 1. The number of rotatable bonds is 4. The highest BCUT2D eigenvalue weighted by molar-refractivity contribution is 5.95. The van der Waals surface area contributed by atoms with Gasteiger partial charge in [-0.25, -0.2) is 0 Å². The Balaban J connectivity index is 2.07. The van der Waals surface area contributed by atoms with E-state index in [1.807, 2.05) is 0 Å². The minimum Gasteiger partial charge on any atom is -0.469 e. The predicted molar refractivity (Wildman–Crippen MR) is 78.8 cm³/mol. The molecule has 0 aromatic carbocycles. The first-order valence-electron chi connectivity index (χ1n) is 7.37. The average molecular weight is 290 g/mol. The number of aryl methyl sites for hydroxylation is 1. The van der Waals surface area contributed by atoms with E-state index in [1.165, 1.54) is 7.11 Å². The molecule has 0 aliphatic heterocycles. The molecule has 1 aromatic rings. The maximum Gasteiger partial charge on any atom is 0.313 e. The summed E-state index contributed by atoms with van der Waals surface area (Å²) in [7, 11) is 1.41. The number of amides is 1. The van der Waals surface area contributed by atoms with Gasteiger partial charge in [-0.15, -0.1) is 0 Å². The summed E-state index contributed by atoms with van der Waals surface area (Å²) in [6.45, 7) is 2.12. The third kappa shape index (κ3) is 3.40. The number of ether oxygens (including phenoxy) is 1. The van der Waals surface area contributed by atoms with Gasteiger partial charge in [0.15, 0.2) is 0 Å². The number of esters is 1. The van der Waals surface area contributed by atoms with E-state index in [0.717, 1.165) is 32.1 Å². The lowest BCUT2D eigenvalue weighted by Gasteiger charge is -2.34. The van der Waals surface area contributed by atoms with Crippen molar-refractivity contribution in [2.45, 2.75) is 39.0 Å². The zero-order valence-corrected chi connectivity index (χ0v) is 12.6. The van der Waals surface area contributed by atoms with Crippen LogP contribution in [-0.2, 0) is 9.53 Å². The first-order chi connectivity index (χ1) is 10.1. The molecule has 1 N–H and O–H groups in total. The summed E-state index contributed by atoms with van der Waals surface area (Å²) in [5.41, 5.74) is 0.665. The normalized spacial score (nSPS) is 17.0. The minimum atomic E-state index is -0.571. The lowest BCUT2D eigenvalue weighted by atomic mass is 9.74. The summed E-state index contributed by atoms with van der Waals surface area (Å²) in [4.78, 5) is 28.5. The van der Waals surface area contributed by atoms with Gasteiger partial charge in [0.25, 0.3) is 5.91 Å². The van der Waals surface area contributed by atoms with E-state index in [2.05, 4.69) is 10.3 Å². The Morgan fingerprint density at radius 3 is 2.67 bits per heavy atom. The van der Waals surface area contributed by atoms with Crippen molar-refractivity contribution in [3.63, 3.8) is 0 Å². The number of aromatic nitrogens is 1. The molecule has 1 amide bonds. The molecule has 1 fully saturated rings. The van der Waals surface area contributed by atoms with Gasteiger partial charge in [-0.3, -0.25) is 14.6 Å². The second-order valence-electron chi connectivity index (χ2n) is 5.65. The topological polar surface area (TPSA) is 68.3 Å². The van der Waals surface area contributed by atoms with Gasteiger partial charge in [-0.2, -0.15) is 0 Å².